The number of hydrogen-bond acceptors (Lipinski definition) is 2. The van der Waals surface area contributed by atoms with E-state index in [2.05, 4.69) is 0 Å². The number of hydrogen-bond donors (Lipinski definition) is 0. The highest BCUT2D eigenvalue weighted by atomic mass is 16.1. The minimum Gasteiger partial charge on any atom is -0.299 e. The number of rotatable bonds is 2. The normalized spacial score (nSPS) is 16.3. The van der Waals surface area contributed by atoms with Crippen molar-refractivity contribution >= 4 is 11.6 Å². The fraction of sp³-hybridized carbons (Fsp3) is 0.529. The standard InChI is InChI=1S/C13H14O2.2C2H6/c1-2-12(14)11-7-8-13(15)10-6-4-3-5-9(10)11;2*1-2/h3-6,11H,2,7-8H2,1H3;2*1-2H3. The fourth-order valence-corrected chi connectivity index (χ4v) is 2.20. The van der Waals surface area contributed by atoms with Gasteiger partial charge in [0.1, 0.15) is 5.78 Å². The van der Waals surface area contributed by atoms with Gasteiger partial charge in [0.05, 0.1) is 0 Å². The first-order valence-electron chi connectivity index (χ1n) is 7.39. The molecule has 19 heavy (non-hydrogen) atoms. The molecule has 0 saturated heterocycles. The van der Waals surface area contributed by atoms with E-state index < -0.39 is 0 Å². The van der Waals surface area contributed by atoms with Crippen LogP contribution < -0.4 is 0 Å². The van der Waals surface area contributed by atoms with Crippen molar-refractivity contribution in [2.75, 3.05) is 0 Å². The van der Waals surface area contributed by atoms with Crippen molar-refractivity contribution in [3.63, 3.8) is 0 Å². The maximum atomic E-state index is 11.7. The largest absolute Gasteiger partial charge is 0.299 e. The Labute approximate surface area is 117 Å². The van der Waals surface area contributed by atoms with E-state index in [9.17, 15) is 9.59 Å². The molecule has 1 aliphatic rings. The minimum absolute atomic E-state index is 0.0519. The SMILES string of the molecule is CC.CC.CCC(=O)C1CCC(=O)c2ccccc21. The van der Waals surface area contributed by atoms with Crippen LogP contribution in [0.5, 0.6) is 0 Å². The van der Waals surface area contributed by atoms with Crippen molar-refractivity contribution in [1.82, 2.24) is 0 Å². The monoisotopic (exact) mass is 262 g/mol. The molecule has 0 fully saturated rings. The van der Waals surface area contributed by atoms with Gasteiger partial charge in [0, 0.05) is 24.3 Å². The van der Waals surface area contributed by atoms with Gasteiger partial charge in [0.2, 0.25) is 0 Å². The van der Waals surface area contributed by atoms with Crippen LogP contribution in [0.4, 0.5) is 0 Å². The topological polar surface area (TPSA) is 34.1 Å². The van der Waals surface area contributed by atoms with Crippen LogP contribution in [0.15, 0.2) is 24.3 Å². The van der Waals surface area contributed by atoms with Crippen molar-refractivity contribution in [3.05, 3.63) is 35.4 Å². The zero-order valence-electron chi connectivity index (χ0n) is 12.8. The van der Waals surface area contributed by atoms with Gasteiger partial charge in [0.25, 0.3) is 0 Å². The van der Waals surface area contributed by atoms with E-state index in [1.54, 1.807) is 0 Å². The minimum atomic E-state index is -0.0519. The maximum Gasteiger partial charge on any atom is 0.163 e. The molecule has 0 N–H and O–H groups in total. The second kappa shape index (κ2) is 9.48. The summed E-state index contributed by atoms with van der Waals surface area (Å²) < 4.78 is 0. The highest BCUT2D eigenvalue weighted by Gasteiger charge is 2.28. The third kappa shape index (κ3) is 4.30. The van der Waals surface area contributed by atoms with Crippen LogP contribution in [0.1, 0.15) is 75.7 Å². The summed E-state index contributed by atoms with van der Waals surface area (Å²) in [5.74, 6) is 0.365. The Morgan fingerprint density at radius 1 is 1.16 bits per heavy atom. The van der Waals surface area contributed by atoms with Gasteiger partial charge in [-0.1, -0.05) is 58.9 Å². The summed E-state index contributed by atoms with van der Waals surface area (Å²) in [6.07, 6.45) is 1.74. The lowest BCUT2D eigenvalue weighted by Gasteiger charge is -2.22. The van der Waals surface area contributed by atoms with Gasteiger partial charge >= 0.3 is 0 Å². The molecule has 106 valence electrons. The number of carbonyl (C=O) groups is 2. The molecule has 1 aromatic rings. The van der Waals surface area contributed by atoms with E-state index in [4.69, 9.17) is 0 Å². The van der Waals surface area contributed by atoms with Crippen LogP contribution in [0.3, 0.4) is 0 Å². The predicted molar refractivity (Wildman–Crippen MR) is 80.7 cm³/mol. The third-order valence-electron chi connectivity index (χ3n) is 3.03. The maximum absolute atomic E-state index is 11.7. The Bertz CT molecular complexity index is 407. The van der Waals surface area contributed by atoms with E-state index in [0.29, 0.717) is 19.3 Å². The van der Waals surface area contributed by atoms with E-state index in [1.165, 1.54) is 0 Å². The number of fused-ring (bicyclic) bond motifs is 1. The van der Waals surface area contributed by atoms with Crippen molar-refractivity contribution in [2.24, 2.45) is 0 Å². The van der Waals surface area contributed by atoms with Gasteiger partial charge in [-0.25, -0.2) is 0 Å². The molecular formula is C17H26O2. The first-order chi connectivity index (χ1) is 9.24. The average Bonchev–Trinajstić information content (AvgIpc) is 2.51. The highest BCUT2D eigenvalue weighted by molar-refractivity contribution is 6.02. The van der Waals surface area contributed by atoms with Crippen molar-refractivity contribution in [1.29, 1.82) is 0 Å². The highest BCUT2D eigenvalue weighted by Crippen LogP contribution is 2.32. The van der Waals surface area contributed by atoms with E-state index >= 15 is 0 Å². The van der Waals surface area contributed by atoms with E-state index in [0.717, 1.165) is 11.1 Å². The molecule has 2 nitrogen and oxygen atoms in total. The molecule has 1 atom stereocenters. The molecule has 0 aliphatic heterocycles. The Hall–Kier alpha value is -1.44. The van der Waals surface area contributed by atoms with Crippen LogP contribution in [0.25, 0.3) is 0 Å². The summed E-state index contributed by atoms with van der Waals surface area (Å²) in [6, 6.07) is 7.49. The Kier molecular flexibility index (Phi) is 8.77. The van der Waals surface area contributed by atoms with Crippen LogP contribution in [-0.4, -0.2) is 11.6 Å². The van der Waals surface area contributed by atoms with Gasteiger partial charge in [0.15, 0.2) is 5.78 Å². The van der Waals surface area contributed by atoms with Gasteiger partial charge in [-0.2, -0.15) is 0 Å². The molecule has 0 bridgehead atoms. The first kappa shape index (κ1) is 17.6. The number of carbonyl (C=O) groups excluding carboxylic acids is 2. The quantitative estimate of drug-likeness (QED) is 0.768. The number of benzene rings is 1. The van der Waals surface area contributed by atoms with Gasteiger partial charge in [-0.3, -0.25) is 9.59 Å². The lowest BCUT2D eigenvalue weighted by molar-refractivity contribution is -0.120. The van der Waals surface area contributed by atoms with Crippen LogP contribution in [-0.2, 0) is 4.79 Å². The second-order valence-corrected chi connectivity index (χ2v) is 3.92. The lowest BCUT2D eigenvalue weighted by atomic mass is 9.79. The summed E-state index contributed by atoms with van der Waals surface area (Å²) in [5.41, 5.74) is 1.68. The second-order valence-electron chi connectivity index (χ2n) is 3.92. The smallest absolute Gasteiger partial charge is 0.163 e. The predicted octanol–water partition coefficient (Wildman–Crippen LogP) is 4.78. The molecule has 0 saturated carbocycles. The number of ketones is 2. The lowest BCUT2D eigenvalue weighted by Crippen LogP contribution is -2.21. The van der Waals surface area contributed by atoms with Gasteiger partial charge in [-0.15, -0.1) is 0 Å². The van der Waals surface area contributed by atoms with E-state index in [1.807, 2.05) is 58.9 Å². The Morgan fingerprint density at radius 2 is 1.74 bits per heavy atom. The summed E-state index contributed by atoms with van der Waals surface area (Å²) in [5, 5.41) is 0. The Balaban J connectivity index is 0.000000741. The molecule has 0 heterocycles. The average molecular weight is 262 g/mol. The van der Waals surface area contributed by atoms with Gasteiger partial charge in [-0.05, 0) is 12.0 Å². The summed E-state index contributed by atoms with van der Waals surface area (Å²) in [4.78, 5) is 23.4. The molecule has 1 aliphatic carbocycles. The van der Waals surface area contributed by atoms with Crippen LogP contribution in [0.2, 0.25) is 0 Å². The van der Waals surface area contributed by atoms with Crippen molar-refractivity contribution in [3.8, 4) is 0 Å². The van der Waals surface area contributed by atoms with E-state index in [-0.39, 0.29) is 17.5 Å². The third-order valence-corrected chi connectivity index (χ3v) is 3.03. The van der Waals surface area contributed by atoms with Crippen molar-refractivity contribution in [2.45, 2.75) is 59.8 Å². The zero-order valence-corrected chi connectivity index (χ0v) is 12.8. The molecule has 0 amide bonds. The first-order valence-corrected chi connectivity index (χ1v) is 7.39. The van der Waals surface area contributed by atoms with Gasteiger partial charge < -0.3 is 0 Å². The van der Waals surface area contributed by atoms with Crippen LogP contribution in [0, 0.1) is 0 Å². The number of Topliss-reactive ketones (excluding diaryl/α,β-unsaturated/α-hetero) is 2. The van der Waals surface area contributed by atoms with Crippen molar-refractivity contribution < 1.29 is 9.59 Å². The molecular weight excluding hydrogens is 236 g/mol. The molecule has 0 radical (unpaired) electrons. The molecule has 1 unspecified atom stereocenters. The summed E-state index contributed by atoms with van der Waals surface area (Å²) in [7, 11) is 0. The molecule has 2 heteroatoms. The summed E-state index contributed by atoms with van der Waals surface area (Å²) in [6.45, 7) is 9.88. The zero-order chi connectivity index (χ0) is 14.8. The summed E-state index contributed by atoms with van der Waals surface area (Å²) >= 11 is 0. The fourth-order valence-electron chi connectivity index (χ4n) is 2.20. The van der Waals surface area contributed by atoms with Crippen LogP contribution >= 0.6 is 0 Å². The molecule has 0 aromatic heterocycles. The Morgan fingerprint density at radius 3 is 2.32 bits per heavy atom. The molecule has 2 rings (SSSR count). The molecule has 1 aromatic carbocycles. The molecule has 0 spiro atoms.